The molecule has 3 N–H and O–H groups in total. The number of thioether (sulfide) groups is 1. The molecule has 0 spiro atoms. The molecule has 5 aromatic carbocycles. The minimum atomic E-state index is -1.26. The van der Waals surface area contributed by atoms with Crippen LogP contribution in [0.5, 0.6) is 0 Å². The van der Waals surface area contributed by atoms with E-state index in [1.54, 1.807) is 61.5 Å². The lowest BCUT2D eigenvalue weighted by atomic mass is 9.98. The lowest BCUT2D eigenvalue weighted by molar-refractivity contribution is -0.148. The van der Waals surface area contributed by atoms with Gasteiger partial charge in [-0.3, -0.25) is 9.59 Å². The number of rotatable bonds is 19. The first kappa shape index (κ1) is 43.5. The van der Waals surface area contributed by atoms with Crippen molar-refractivity contribution in [1.29, 1.82) is 0 Å². The average Bonchev–Trinajstić information content (AvgIpc) is 3.59. The summed E-state index contributed by atoms with van der Waals surface area (Å²) in [7, 11) is 0. The van der Waals surface area contributed by atoms with E-state index in [0.29, 0.717) is 16.3 Å². The SMILES string of the molecule is CCOC(=O)[C@H](NC(=O)C(CSCc1ccc(Cl)cc1)NC(=O)CCC(NC(=O)OCC1c2ccccc2-c2ccccc21)C(=O)OCc1ccccc1)c1ccccc1. The maximum Gasteiger partial charge on any atom is 0.407 e. The highest BCUT2D eigenvalue weighted by Gasteiger charge is 2.32. The number of ether oxygens (including phenoxy) is 3. The van der Waals surface area contributed by atoms with Gasteiger partial charge in [0.15, 0.2) is 6.04 Å². The first-order valence-electron chi connectivity index (χ1n) is 19.7. The highest BCUT2D eigenvalue weighted by atomic mass is 35.5. The molecule has 0 radical (unpaired) electrons. The zero-order chi connectivity index (χ0) is 42.3. The summed E-state index contributed by atoms with van der Waals surface area (Å²) >= 11 is 7.46. The Morgan fingerprint density at radius 1 is 0.650 bits per heavy atom. The number of carbonyl (C=O) groups excluding carboxylic acids is 5. The monoisotopic (exact) mass is 847 g/mol. The highest BCUT2D eigenvalue weighted by Crippen LogP contribution is 2.44. The van der Waals surface area contributed by atoms with Crippen LogP contribution >= 0.6 is 23.4 Å². The summed E-state index contributed by atoms with van der Waals surface area (Å²) in [6.07, 6.45) is -1.27. The largest absolute Gasteiger partial charge is 0.464 e. The molecule has 5 aromatic rings. The van der Waals surface area contributed by atoms with Crippen molar-refractivity contribution < 1.29 is 38.2 Å². The van der Waals surface area contributed by atoms with Crippen molar-refractivity contribution in [3.8, 4) is 11.1 Å². The molecule has 310 valence electrons. The second kappa shape index (κ2) is 21.8. The fourth-order valence-electron chi connectivity index (χ4n) is 6.85. The molecule has 0 fully saturated rings. The first-order chi connectivity index (χ1) is 29.2. The summed E-state index contributed by atoms with van der Waals surface area (Å²) < 4.78 is 16.6. The van der Waals surface area contributed by atoms with E-state index >= 15 is 0 Å². The lowest BCUT2D eigenvalue weighted by Crippen LogP contribution is -2.50. The molecule has 3 atom stereocenters. The number of alkyl carbamates (subject to hydrolysis) is 1. The van der Waals surface area contributed by atoms with Crippen LogP contribution in [0.4, 0.5) is 4.79 Å². The van der Waals surface area contributed by atoms with Gasteiger partial charge in [-0.05, 0) is 64.4 Å². The second-order valence-corrected chi connectivity index (χ2v) is 15.5. The molecular weight excluding hydrogens is 802 g/mol. The van der Waals surface area contributed by atoms with Crippen LogP contribution < -0.4 is 16.0 Å². The molecule has 0 saturated heterocycles. The Morgan fingerprint density at radius 3 is 1.92 bits per heavy atom. The Balaban J connectivity index is 1.13. The Hall–Kier alpha value is -6.11. The number of amides is 3. The number of hydrogen-bond acceptors (Lipinski definition) is 9. The second-order valence-electron chi connectivity index (χ2n) is 14.0. The maximum absolute atomic E-state index is 13.9. The zero-order valence-electron chi connectivity index (χ0n) is 33.0. The van der Waals surface area contributed by atoms with Crippen molar-refractivity contribution in [2.75, 3.05) is 19.0 Å². The van der Waals surface area contributed by atoms with Crippen LogP contribution in [0.1, 0.15) is 59.5 Å². The third-order valence-electron chi connectivity index (χ3n) is 9.86. The van der Waals surface area contributed by atoms with Crippen LogP contribution in [0, 0.1) is 0 Å². The van der Waals surface area contributed by atoms with E-state index in [2.05, 4.69) is 16.0 Å². The summed E-state index contributed by atoms with van der Waals surface area (Å²) in [5.41, 5.74) is 6.42. The van der Waals surface area contributed by atoms with E-state index in [-0.39, 0.29) is 44.3 Å². The van der Waals surface area contributed by atoms with E-state index < -0.39 is 48.0 Å². The Morgan fingerprint density at radius 2 is 1.27 bits per heavy atom. The van der Waals surface area contributed by atoms with E-state index in [1.165, 1.54) is 11.8 Å². The average molecular weight is 848 g/mol. The first-order valence-corrected chi connectivity index (χ1v) is 21.2. The summed E-state index contributed by atoms with van der Waals surface area (Å²) in [5.74, 6) is -2.13. The Kier molecular flexibility index (Phi) is 15.8. The number of carbonyl (C=O) groups is 5. The van der Waals surface area contributed by atoms with Crippen molar-refractivity contribution in [2.45, 2.75) is 56.2 Å². The normalized spacial score (nSPS) is 13.1. The van der Waals surface area contributed by atoms with Crippen LogP contribution in [-0.2, 0) is 45.7 Å². The minimum absolute atomic E-state index is 0.0202. The predicted molar refractivity (Wildman–Crippen MR) is 231 cm³/mol. The number of nitrogens with one attached hydrogen (secondary N) is 3. The summed E-state index contributed by atoms with van der Waals surface area (Å²) in [6.45, 7) is 1.75. The van der Waals surface area contributed by atoms with Gasteiger partial charge in [-0.25, -0.2) is 14.4 Å². The van der Waals surface area contributed by atoms with Gasteiger partial charge in [-0.1, -0.05) is 133 Å². The van der Waals surface area contributed by atoms with Gasteiger partial charge in [0.05, 0.1) is 6.61 Å². The van der Waals surface area contributed by atoms with Gasteiger partial charge in [0.1, 0.15) is 25.3 Å². The Labute approximate surface area is 358 Å². The number of benzene rings is 5. The van der Waals surface area contributed by atoms with E-state index in [4.69, 9.17) is 25.8 Å². The van der Waals surface area contributed by atoms with Gasteiger partial charge in [0.25, 0.3) is 0 Å². The van der Waals surface area contributed by atoms with Crippen molar-refractivity contribution in [3.05, 3.63) is 166 Å². The van der Waals surface area contributed by atoms with Gasteiger partial charge in [0.2, 0.25) is 11.8 Å². The topological polar surface area (TPSA) is 149 Å². The molecule has 0 bridgehead atoms. The van der Waals surface area contributed by atoms with E-state index in [9.17, 15) is 24.0 Å². The number of hydrogen-bond donors (Lipinski definition) is 3. The van der Waals surface area contributed by atoms with E-state index in [1.807, 2.05) is 78.9 Å². The fraction of sp³-hybridized carbons (Fsp3) is 0.255. The van der Waals surface area contributed by atoms with Gasteiger partial charge in [-0.15, -0.1) is 0 Å². The summed E-state index contributed by atoms with van der Waals surface area (Å²) in [5, 5.41) is 8.76. The van der Waals surface area contributed by atoms with Crippen molar-refractivity contribution in [2.24, 2.45) is 0 Å². The number of esters is 2. The molecule has 60 heavy (non-hydrogen) atoms. The fourth-order valence-corrected chi connectivity index (χ4v) is 8.00. The smallest absolute Gasteiger partial charge is 0.407 e. The van der Waals surface area contributed by atoms with Crippen LogP contribution in [0.3, 0.4) is 0 Å². The molecule has 1 aliphatic carbocycles. The molecule has 0 heterocycles. The molecule has 0 saturated carbocycles. The van der Waals surface area contributed by atoms with Crippen LogP contribution in [0.15, 0.2) is 133 Å². The number of halogens is 1. The molecule has 3 amide bonds. The molecule has 2 unspecified atom stereocenters. The van der Waals surface area contributed by atoms with Gasteiger partial charge < -0.3 is 30.2 Å². The van der Waals surface area contributed by atoms with Crippen LogP contribution in [0.25, 0.3) is 11.1 Å². The van der Waals surface area contributed by atoms with Crippen LogP contribution in [-0.4, -0.2) is 60.9 Å². The summed E-state index contributed by atoms with van der Waals surface area (Å²) in [6, 6.07) is 37.5. The molecule has 0 aliphatic heterocycles. The molecule has 13 heteroatoms. The van der Waals surface area contributed by atoms with Gasteiger partial charge >= 0.3 is 18.0 Å². The van der Waals surface area contributed by atoms with Gasteiger partial charge in [0, 0.05) is 28.9 Å². The quantitative estimate of drug-likeness (QED) is 0.0557. The zero-order valence-corrected chi connectivity index (χ0v) is 34.6. The lowest BCUT2D eigenvalue weighted by Gasteiger charge is -2.23. The van der Waals surface area contributed by atoms with Crippen LogP contribution in [0.2, 0.25) is 5.02 Å². The highest BCUT2D eigenvalue weighted by molar-refractivity contribution is 7.98. The molecule has 0 aromatic heterocycles. The predicted octanol–water partition coefficient (Wildman–Crippen LogP) is 7.91. The van der Waals surface area contributed by atoms with Gasteiger partial charge in [-0.2, -0.15) is 11.8 Å². The molecule has 6 rings (SSSR count). The van der Waals surface area contributed by atoms with E-state index in [0.717, 1.165) is 33.4 Å². The van der Waals surface area contributed by atoms with Crippen molar-refractivity contribution >= 4 is 53.2 Å². The third-order valence-corrected chi connectivity index (χ3v) is 11.2. The Bertz CT molecular complexity index is 2200. The molecule has 11 nitrogen and oxygen atoms in total. The minimum Gasteiger partial charge on any atom is -0.464 e. The molecular formula is C47H46ClN3O8S. The third kappa shape index (κ3) is 12.0. The standard InChI is InChI=1S/C47H46ClN3O8S/c1-2-57-46(55)43(33-15-7-4-8-16-33)51-44(53)41(30-60-29-32-21-23-34(48)24-22-32)49-42(52)26-25-40(45(54)58-27-31-13-5-3-6-14-31)50-47(56)59-28-39-37-19-11-9-17-35(37)36-18-10-12-20-38(36)39/h3-24,39-41,43H,2,25-30H2,1H3,(H,49,52)(H,50,56)(H,51,53)/t40?,41?,43-/m1/s1. The van der Waals surface area contributed by atoms with Crippen molar-refractivity contribution in [1.82, 2.24) is 16.0 Å². The summed E-state index contributed by atoms with van der Waals surface area (Å²) in [4.78, 5) is 67.4. The maximum atomic E-state index is 13.9. The van der Waals surface area contributed by atoms with Crippen molar-refractivity contribution in [3.63, 3.8) is 0 Å². The molecule has 1 aliphatic rings. The number of fused-ring (bicyclic) bond motifs is 3.